The predicted molar refractivity (Wildman–Crippen MR) is 76.8 cm³/mol. The first kappa shape index (κ1) is 16.4. The number of hydrogen-bond acceptors (Lipinski definition) is 4. The third kappa shape index (κ3) is 5.09. The lowest BCUT2D eigenvalue weighted by atomic mass is 10.1. The quantitative estimate of drug-likeness (QED) is 0.632. The summed E-state index contributed by atoms with van der Waals surface area (Å²) in [5.74, 6) is 0.599. The summed E-state index contributed by atoms with van der Waals surface area (Å²) >= 11 is 0. The molecule has 0 radical (unpaired) electrons. The Morgan fingerprint density at radius 1 is 1.53 bits per heavy atom. The fourth-order valence-electron chi connectivity index (χ4n) is 2.73. The van der Waals surface area contributed by atoms with Crippen molar-refractivity contribution in [1.82, 2.24) is 9.80 Å². The van der Waals surface area contributed by atoms with E-state index in [2.05, 4.69) is 18.7 Å². The Balaban J connectivity index is 2.27. The van der Waals surface area contributed by atoms with Crippen LogP contribution in [0.4, 0.5) is 0 Å². The maximum Gasteiger partial charge on any atom is 0.223 e. The van der Waals surface area contributed by atoms with Gasteiger partial charge in [-0.05, 0) is 45.3 Å². The number of hydrogen-bond donors (Lipinski definition) is 2. The van der Waals surface area contributed by atoms with E-state index < -0.39 is 0 Å². The highest BCUT2D eigenvalue weighted by atomic mass is 16.3. The fourth-order valence-corrected chi connectivity index (χ4v) is 2.73. The van der Waals surface area contributed by atoms with Crippen LogP contribution in [0.2, 0.25) is 0 Å². The van der Waals surface area contributed by atoms with Gasteiger partial charge in [-0.1, -0.05) is 6.92 Å². The van der Waals surface area contributed by atoms with Gasteiger partial charge in [0.25, 0.3) is 0 Å². The standard InChI is InChI=1S/C14H29N3O2/c1-3-16(7-8-18)6-4-5-12(2)17-11-13(10-15)9-14(17)19/h12-13,18H,3-11,15H2,1-2H3. The van der Waals surface area contributed by atoms with Gasteiger partial charge >= 0.3 is 0 Å². The van der Waals surface area contributed by atoms with Gasteiger partial charge in [0.15, 0.2) is 0 Å². The minimum Gasteiger partial charge on any atom is -0.395 e. The Morgan fingerprint density at radius 3 is 2.79 bits per heavy atom. The van der Waals surface area contributed by atoms with Gasteiger partial charge in [-0.15, -0.1) is 0 Å². The lowest BCUT2D eigenvalue weighted by Gasteiger charge is -2.26. The molecule has 5 heteroatoms. The molecular formula is C14H29N3O2. The van der Waals surface area contributed by atoms with Crippen LogP contribution in [0.15, 0.2) is 0 Å². The molecule has 1 aliphatic heterocycles. The number of carbonyl (C=O) groups is 1. The van der Waals surface area contributed by atoms with Crippen LogP contribution in [0.25, 0.3) is 0 Å². The highest BCUT2D eigenvalue weighted by molar-refractivity contribution is 5.79. The van der Waals surface area contributed by atoms with Gasteiger partial charge in [-0.2, -0.15) is 0 Å². The molecule has 1 rings (SSSR count). The summed E-state index contributed by atoms with van der Waals surface area (Å²) in [4.78, 5) is 16.1. The van der Waals surface area contributed by atoms with Crippen LogP contribution >= 0.6 is 0 Å². The number of likely N-dealkylation sites (N-methyl/N-ethyl adjacent to an activating group) is 1. The zero-order valence-corrected chi connectivity index (χ0v) is 12.3. The van der Waals surface area contributed by atoms with Gasteiger partial charge in [0.2, 0.25) is 5.91 Å². The summed E-state index contributed by atoms with van der Waals surface area (Å²) < 4.78 is 0. The van der Waals surface area contributed by atoms with Crippen molar-refractivity contribution in [3.8, 4) is 0 Å². The molecule has 2 unspecified atom stereocenters. The maximum atomic E-state index is 11.9. The molecule has 2 atom stereocenters. The lowest BCUT2D eigenvalue weighted by molar-refractivity contribution is -0.129. The second-order valence-electron chi connectivity index (χ2n) is 5.50. The van der Waals surface area contributed by atoms with Crippen molar-refractivity contribution in [1.29, 1.82) is 0 Å². The average Bonchev–Trinajstić information content (AvgIpc) is 2.79. The Hall–Kier alpha value is -0.650. The van der Waals surface area contributed by atoms with Crippen molar-refractivity contribution < 1.29 is 9.90 Å². The van der Waals surface area contributed by atoms with E-state index in [0.717, 1.165) is 39.0 Å². The molecule has 0 spiro atoms. The monoisotopic (exact) mass is 271 g/mol. The van der Waals surface area contributed by atoms with E-state index in [0.29, 0.717) is 24.9 Å². The molecule has 1 amide bonds. The van der Waals surface area contributed by atoms with Crippen LogP contribution in [0, 0.1) is 5.92 Å². The average molecular weight is 271 g/mol. The molecule has 3 N–H and O–H groups in total. The summed E-state index contributed by atoms with van der Waals surface area (Å²) in [6, 6.07) is 0.303. The van der Waals surface area contributed by atoms with E-state index in [4.69, 9.17) is 10.8 Å². The van der Waals surface area contributed by atoms with Crippen LogP contribution < -0.4 is 5.73 Å². The molecule has 0 bridgehead atoms. The number of carbonyl (C=O) groups excluding carboxylic acids is 1. The number of amides is 1. The summed E-state index contributed by atoms with van der Waals surface area (Å²) in [6.07, 6.45) is 2.70. The van der Waals surface area contributed by atoms with Gasteiger partial charge in [0.1, 0.15) is 0 Å². The summed E-state index contributed by atoms with van der Waals surface area (Å²) in [5.41, 5.74) is 5.64. The Kier molecular flexibility index (Phi) is 7.34. The van der Waals surface area contributed by atoms with Gasteiger partial charge in [0.05, 0.1) is 6.61 Å². The predicted octanol–water partition coefficient (Wildman–Crippen LogP) is 0.277. The highest BCUT2D eigenvalue weighted by Gasteiger charge is 2.31. The molecule has 1 heterocycles. The van der Waals surface area contributed by atoms with Crippen molar-refractivity contribution in [3.05, 3.63) is 0 Å². The van der Waals surface area contributed by atoms with Gasteiger partial charge < -0.3 is 20.6 Å². The van der Waals surface area contributed by atoms with Crippen LogP contribution in [0.3, 0.4) is 0 Å². The van der Waals surface area contributed by atoms with Gasteiger partial charge in [-0.3, -0.25) is 4.79 Å². The molecule has 0 saturated carbocycles. The van der Waals surface area contributed by atoms with Crippen molar-refractivity contribution in [2.24, 2.45) is 11.7 Å². The minimum atomic E-state index is 0.214. The molecule has 19 heavy (non-hydrogen) atoms. The van der Waals surface area contributed by atoms with Gasteiger partial charge in [-0.25, -0.2) is 0 Å². The number of aliphatic hydroxyl groups excluding tert-OH is 1. The first-order chi connectivity index (χ1) is 9.12. The smallest absolute Gasteiger partial charge is 0.223 e. The lowest BCUT2D eigenvalue weighted by Crippen LogP contribution is -2.36. The fraction of sp³-hybridized carbons (Fsp3) is 0.929. The van der Waals surface area contributed by atoms with Crippen LogP contribution in [0.1, 0.15) is 33.1 Å². The largest absolute Gasteiger partial charge is 0.395 e. The van der Waals surface area contributed by atoms with Crippen LogP contribution in [0.5, 0.6) is 0 Å². The number of nitrogens with zero attached hydrogens (tertiary/aromatic N) is 2. The number of likely N-dealkylation sites (tertiary alicyclic amines) is 1. The third-order valence-electron chi connectivity index (χ3n) is 4.06. The first-order valence-corrected chi connectivity index (χ1v) is 7.45. The molecule has 0 aliphatic carbocycles. The number of nitrogens with two attached hydrogens (primary N) is 1. The molecule has 112 valence electrons. The molecule has 1 fully saturated rings. The van der Waals surface area contributed by atoms with Crippen molar-refractivity contribution in [2.75, 3.05) is 39.3 Å². The molecule has 5 nitrogen and oxygen atoms in total. The van der Waals surface area contributed by atoms with Crippen LogP contribution in [-0.2, 0) is 4.79 Å². The summed E-state index contributed by atoms with van der Waals surface area (Å²) in [5, 5.41) is 8.93. The molecule has 1 aliphatic rings. The van der Waals surface area contributed by atoms with Crippen molar-refractivity contribution in [2.45, 2.75) is 39.2 Å². The van der Waals surface area contributed by atoms with E-state index in [9.17, 15) is 4.79 Å². The second-order valence-corrected chi connectivity index (χ2v) is 5.50. The first-order valence-electron chi connectivity index (χ1n) is 7.45. The zero-order valence-electron chi connectivity index (χ0n) is 12.3. The molecule has 0 aromatic rings. The molecule has 0 aromatic carbocycles. The number of rotatable bonds is 9. The normalized spacial score (nSPS) is 21.4. The molecular weight excluding hydrogens is 242 g/mol. The Morgan fingerprint density at radius 2 is 2.26 bits per heavy atom. The highest BCUT2D eigenvalue weighted by Crippen LogP contribution is 2.21. The van der Waals surface area contributed by atoms with Crippen molar-refractivity contribution in [3.63, 3.8) is 0 Å². The SMILES string of the molecule is CCN(CCO)CCCC(C)N1CC(CN)CC1=O. The second kappa shape index (κ2) is 8.51. The van der Waals surface area contributed by atoms with E-state index in [1.54, 1.807) is 0 Å². The third-order valence-corrected chi connectivity index (χ3v) is 4.06. The van der Waals surface area contributed by atoms with Gasteiger partial charge in [0, 0.05) is 25.6 Å². The Labute approximate surface area is 116 Å². The summed E-state index contributed by atoms with van der Waals surface area (Å²) in [7, 11) is 0. The topological polar surface area (TPSA) is 69.8 Å². The maximum absolute atomic E-state index is 11.9. The van der Waals surface area contributed by atoms with E-state index in [1.165, 1.54) is 0 Å². The Bertz CT molecular complexity index is 273. The zero-order chi connectivity index (χ0) is 14.3. The van der Waals surface area contributed by atoms with E-state index >= 15 is 0 Å². The molecule has 1 saturated heterocycles. The minimum absolute atomic E-state index is 0.214. The molecule has 0 aromatic heterocycles. The van der Waals surface area contributed by atoms with E-state index in [-0.39, 0.29) is 12.5 Å². The van der Waals surface area contributed by atoms with Crippen molar-refractivity contribution >= 4 is 5.91 Å². The number of aliphatic hydroxyl groups is 1. The van der Waals surface area contributed by atoms with E-state index in [1.807, 2.05) is 4.90 Å². The summed E-state index contributed by atoms with van der Waals surface area (Å²) in [6.45, 7) is 8.57. The van der Waals surface area contributed by atoms with Crippen LogP contribution in [-0.4, -0.2) is 66.2 Å².